The van der Waals surface area contributed by atoms with Crippen molar-refractivity contribution in [1.29, 1.82) is 0 Å². The van der Waals surface area contributed by atoms with E-state index in [0.29, 0.717) is 43.2 Å². The van der Waals surface area contributed by atoms with Crippen LogP contribution >= 0.6 is 0 Å². The number of nitrogens with one attached hydrogen (secondary N) is 2. The molecule has 13 heteroatoms. The quantitative estimate of drug-likeness (QED) is 0.471. The lowest BCUT2D eigenvalue weighted by Crippen LogP contribution is -2.42. The van der Waals surface area contributed by atoms with Gasteiger partial charge in [-0.15, -0.1) is 5.10 Å². The van der Waals surface area contributed by atoms with Gasteiger partial charge in [-0.1, -0.05) is 5.21 Å². The third-order valence-electron chi connectivity index (χ3n) is 6.49. The number of cyclic esters (lactones) is 1. The number of halogens is 1. The van der Waals surface area contributed by atoms with E-state index in [4.69, 9.17) is 4.74 Å². The van der Waals surface area contributed by atoms with Crippen LogP contribution in [-0.2, 0) is 16.1 Å². The topological polar surface area (TPSA) is 128 Å². The zero-order chi connectivity index (χ0) is 23.7. The first-order valence-corrected chi connectivity index (χ1v) is 11.3. The van der Waals surface area contributed by atoms with Crippen molar-refractivity contribution in [2.45, 2.75) is 37.6 Å². The van der Waals surface area contributed by atoms with E-state index in [1.807, 2.05) is 4.90 Å². The van der Waals surface area contributed by atoms with E-state index in [1.54, 1.807) is 28.0 Å². The Labute approximate surface area is 195 Å². The first-order valence-electron chi connectivity index (χ1n) is 11.3. The van der Waals surface area contributed by atoms with E-state index in [-0.39, 0.29) is 25.2 Å². The summed E-state index contributed by atoms with van der Waals surface area (Å²) in [6, 6.07) is 4.59. The molecule has 1 aromatic heterocycles. The van der Waals surface area contributed by atoms with E-state index >= 15 is 4.39 Å². The highest BCUT2D eigenvalue weighted by molar-refractivity contribution is 5.90. The number of aliphatic hydroxyl groups excluding tert-OH is 1. The summed E-state index contributed by atoms with van der Waals surface area (Å²) in [5.74, 6) is -0.400. The van der Waals surface area contributed by atoms with Gasteiger partial charge < -0.3 is 19.5 Å². The number of anilines is 2. The number of nitrogens with zero attached hydrogens (tertiary/aromatic N) is 6. The van der Waals surface area contributed by atoms with Crippen molar-refractivity contribution in [3.63, 3.8) is 0 Å². The second-order valence-electron chi connectivity index (χ2n) is 8.70. The molecule has 0 aliphatic carbocycles. The van der Waals surface area contributed by atoms with Gasteiger partial charge in [-0.3, -0.25) is 4.90 Å². The highest BCUT2D eigenvalue weighted by Gasteiger charge is 2.35. The normalized spacial score (nSPS) is 24.1. The number of ether oxygens (including phenoxy) is 1. The summed E-state index contributed by atoms with van der Waals surface area (Å²) in [7, 11) is 0. The Morgan fingerprint density at radius 3 is 2.79 bits per heavy atom. The summed E-state index contributed by atoms with van der Waals surface area (Å²) < 4.78 is 22.3. The van der Waals surface area contributed by atoms with Crippen LogP contribution < -0.4 is 20.8 Å². The Morgan fingerprint density at radius 2 is 2.09 bits per heavy atom. The molecule has 0 saturated carbocycles. The summed E-state index contributed by atoms with van der Waals surface area (Å²) in [6.45, 7) is 2.32. The average molecular weight is 474 g/mol. The molecule has 3 fully saturated rings. The van der Waals surface area contributed by atoms with Crippen LogP contribution in [0.1, 0.15) is 24.6 Å². The molecule has 0 spiro atoms. The van der Waals surface area contributed by atoms with Crippen LogP contribution in [0.3, 0.4) is 0 Å². The molecule has 2 atom stereocenters. The maximum atomic E-state index is 15.1. The molecule has 4 heterocycles. The van der Waals surface area contributed by atoms with Crippen LogP contribution in [0.4, 0.5) is 20.6 Å². The van der Waals surface area contributed by atoms with Gasteiger partial charge >= 0.3 is 6.09 Å². The van der Waals surface area contributed by atoms with Crippen LogP contribution in [0, 0.1) is 5.82 Å². The van der Waals surface area contributed by atoms with Crippen molar-refractivity contribution in [2.75, 3.05) is 42.5 Å². The number of piperidine rings is 1. The number of carbonyl (C=O) groups is 2. The van der Waals surface area contributed by atoms with Crippen molar-refractivity contribution < 1.29 is 23.8 Å². The van der Waals surface area contributed by atoms with Crippen molar-refractivity contribution in [3.8, 4) is 0 Å². The van der Waals surface area contributed by atoms with Gasteiger partial charge in [0.05, 0.1) is 55.0 Å². The Hall–Kier alpha value is -3.13. The van der Waals surface area contributed by atoms with Crippen LogP contribution in [0.5, 0.6) is 0 Å². The zero-order valence-electron chi connectivity index (χ0n) is 18.5. The lowest BCUT2D eigenvalue weighted by molar-refractivity contribution is -0.109. The zero-order valence-corrected chi connectivity index (χ0v) is 18.5. The van der Waals surface area contributed by atoms with Crippen molar-refractivity contribution in [2.24, 2.45) is 0 Å². The van der Waals surface area contributed by atoms with Gasteiger partial charge in [-0.05, 0) is 31.0 Å². The first kappa shape index (κ1) is 22.7. The minimum Gasteiger partial charge on any atom is -0.443 e. The molecule has 34 heavy (non-hydrogen) atoms. The van der Waals surface area contributed by atoms with Crippen molar-refractivity contribution in [1.82, 2.24) is 31.0 Å². The second kappa shape index (κ2) is 9.62. The van der Waals surface area contributed by atoms with Gasteiger partial charge in [0.15, 0.2) is 0 Å². The number of hydrazine groups is 2. The highest BCUT2D eigenvalue weighted by Crippen LogP contribution is 2.32. The smallest absolute Gasteiger partial charge is 0.414 e. The molecule has 3 saturated heterocycles. The molecule has 1 amide bonds. The van der Waals surface area contributed by atoms with E-state index in [1.165, 1.54) is 11.0 Å². The van der Waals surface area contributed by atoms with Crippen molar-refractivity contribution in [3.05, 3.63) is 35.9 Å². The number of rotatable bonds is 7. The monoisotopic (exact) mass is 474 g/mol. The van der Waals surface area contributed by atoms with Gasteiger partial charge in [0, 0.05) is 19.6 Å². The summed E-state index contributed by atoms with van der Waals surface area (Å²) in [6.07, 6.45) is 2.94. The Bertz CT molecular complexity index is 1040. The minimum absolute atomic E-state index is 0.113. The maximum Gasteiger partial charge on any atom is 0.414 e. The summed E-state index contributed by atoms with van der Waals surface area (Å²) >= 11 is 0. The molecular weight excluding hydrogens is 447 g/mol. The summed E-state index contributed by atoms with van der Waals surface area (Å²) in [5, 5.41) is 19.1. The Kier molecular flexibility index (Phi) is 6.41. The third kappa shape index (κ3) is 4.46. The molecule has 1 unspecified atom stereocenters. The fourth-order valence-corrected chi connectivity index (χ4v) is 4.73. The van der Waals surface area contributed by atoms with Crippen LogP contribution in [-0.4, -0.2) is 82.4 Å². The first-order chi connectivity index (χ1) is 16.6. The molecule has 2 aromatic rings. The number of carbonyl (C=O) groups excluding carboxylic acids is 2. The molecule has 3 aliphatic rings. The Balaban J connectivity index is 1.19. The number of benzene rings is 1. The number of aldehydes is 1. The largest absolute Gasteiger partial charge is 0.443 e. The molecule has 0 radical (unpaired) electrons. The number of aliphatic hydroxyl groups is 1. The van der Waals surface area contributed by atoms with Crippen molar-refractivity contribution >= 4 is 23.8 Å². The van der Waals surface area contributed by atoms with Gasteiger partial charge in [-0.2, -0.15) is 5.53 Å². The second-order valence-corrected chi connectivity index (χ2v) is 8.70. The lowest BCUT2D eigenvalue weighted by atomic mass is 10.0. The standard InChI is InChI=1S/C21H27FN8O4/c22-19-7-16(29-11-18(34-21(29)33)10-28-9-14(12-31)24-26-28)1-2-20(19)27-5-3-15(4-6-27)30-17(13-32)8-23-25-30/h1-2,7-8,12,14-15,18,24,26,32H,3-6,9-11,13H2/t14?,18-/m0/s1. The molecule has 3 N–H and O–H groups in total. The lowest BCUT2D eigenvalue weighted by Gasteiger charge is -2.34. The molecule has 12 nitrogen and oxygen atoms in total. The van der Waals surface area contributed by atoms with Gasteiger partial charge in [0.2, 0.25) is 0 Å². The molecular formula is C21H27FN8O4. The molecule has 0 bridgehead atoms. The van der Waals surface area contributed by atoms with E-state index < -0.39 is 18.0 Å². The molecule has 1 aromatic carbocycles. The van der Waals surface area contributed by atoms with Crippen LogP contribution in [0.25, 0.3) is 0 Å². The summed E-state index contributed by atoms with van der Waals surface area (Å²) in [5.41, 5.74) is 7.31. The van der Waals surface area contributed by atoms with E-state index in [2.05, 4.69) is 21.3 Å². The predicted octanol–water partition coefficient (Wildman–Crippen LogP) is -0.0315. The van der Waals surface area contributed by atoms with E-state index in [0.717, 1.165) is 19.1 Å². The Morgan fingerprint density at radius 1 is 1.26 bits per heavy atom. The van der Waals surface area contributed by atoms with Crippen LogP contribution in [0.15, 0.2) is 24.4 Å². The van der Waals surface area contributed by atoms with Gasteiger partial charge in [-0.25, -0.2) is 24.3 Å². The number of hydrogen-bond acceptors (Lipinski definition) is 10. The highest BCUT2D eigenvalue weighted by atomic mass is 19.1. The SMILES string of the molecule is O=CC1CN(C[C@H]2CN(c3ccc(N4CCC(n5nncc5CO)CC4)c(F)c3)C(=O)O2)NN1. The van der Waals surface area contributed by atoms with E-state index in [9.17, 15) is 14.7 Å². The predicted molar refractivity (Wildman–Crippen MR) is 118 cm³/mol. The fourth-order valence-electron chi connectivity index (χ4n) is 4.73. The summed E-state index contributed by atoms with van der Waals surface area (Å²) in [4.78, 5) is 26.7. The minimum atomic E-state index is -0.524. The van der Waals surface area contributed by atoms with Gasteiger partial charge in [0.1, 0.15) is 18.2 Å². The number of hydrogen-bond donors (Lipinski definition) is 3. The molecule has 182 valence electrons. The number of amides is 1. The molecule has 3 aliphatic heterocycles. The maximum absolute atomic E-state index is 15.1. The number of aromatic nitrogens is 3. The molecule has 5 rings (SSSR count). The third-order valence-corrected chi connectivity index (χ3v) is 6.49. The average Bonchev–Trinajstić information content (AvgIpc) is 3.59. The van der Waals surface area contributed by atoms with Gasteiger partial charge in [0.25, 0.3) is 0 Å². The van der Waals surface area contributed by atoms with Crippen LogP contribution in [0.2, 0.25) is 0 Å². The fraction of sp³-hybridized carbons (Fsp3) is 0.524.